The highest BCUT2D eigenvalue weighted by molar-refractivity contribution is 5.77. The molecule has 0 fully saturated rings. The van der Waals surface area contributed by atoms with Gasteiger partial charge in [-0.1, -0.05) is 66.4 Å². The van der Waals surface area contributed by atoms with E-state index >= 15 is 0 Å². The van der Waals surface area contributed by atoms with Crippen LogP contribution < -0.4 is 5.32 Å². The highest BCUT2D eigenvalue weighted by Gasteiger charge is 1.77. The molecule has 0 bridgehead atoms. The van der Waals surface area contributed by atoms with Gasteiger partial charge in [0.15, 0.2) is 0 Å². The van der Waals surface area contributed by atoms with Gasteiger partial charge in [-0.3, -0.25) is 0 Å². The Bertz CT molecular complexity index is 421. The predicted molar refractivity (Wildman–Crippen MR) is 63.6 cm³/mol. The highest BCUT2D eigenvalue weighted by Crippen LogP contribution is 2.09. The summed E-state index contributed by atoms with van der Waals surface area (Å²) in [6.45, 7) is 0. The van der Waals surface area contributed by atoms with Gasteiger partial charge in [-0.25, -0.2) is 0 Å². The van der Waals surface area contributed by atoms with E-state index in [-0.39, 0.29) is 0 Å². The minimum absolute atomic E-state index is 0.890. The van der Waals surface area contributed by atoms with Gasteiger partial charge >= 0.3 is 0 Å². The number of rotatable bonds is 3. The van der Waals surface area contributed by atoms with Crippen molar-refractivity contribution in [3.05, 3.63) is 60.7 Å². The van der Waals surface area contributed by atoms with Crippen LogP contribution in [0.3, 0.4) is 0 Å². The topological polar surface area (TPSA) is 24.4 Å². The summed E-state index contributed by atoms with van der Waals surface area (Å²) in [5, 5.41) is 2.98. The van der Waals surface area contributed by atoms with Crippen LogP contribution in [-0.4, -0.2) is 6.34 Å². The Morgan fingerprint density at radius 3 is 2.07 bits per heavy atom. The van der Waals surface area contributed by atoms with Gasteiger partial charge in [0.1, 0.15) is 0 Å². The second-order valence-corrected chi connectivity index (χ2v) is 3.05. The lowest BCUT2D eigenvalue weighted by Crippen LogP contribution is -1.92. The maximum atomic E-state index is 4.14. The van der Waals surface area contributed by atoms with E-state index in [1.165, 1.54) is 0 Å². The van der Waals surface area contributed by atoms with Gasteiger partial charge in [0.05, 0.1) is 0 Å². The molecule has 0 aromatic heterocycles. The molecular weight excluding hydrogens is 184 g/mol. The van der Waals surface area contributed by atoms with Crippen molar-refractivity contribution < 1.29 is 0 Å². The number of para-hydroxylation sites is 2. The van der Waals surface area contributed by atoms with Crippen LogP contribution in [0.25, 0.3) is 0 Å². The van der Waals surface area contributed by atoms with Crippen LogP contribution in [0.5, 0.6) is 0 Å². The van der Waals surface area contributed by atoms with Gasteiger partial charge in [0.25, 0.3) is 0 Å². The van der Waals surface area contributed by atoms with Gasteiger partial charge in [0, 0.05) is 6.34 Å². The molecule has 0 saturated carbocycles. The molecule has 0 aliphatic rings. The van der Waals surface area contributed by atoms with E-state index in [1.807, 2.05) is 60.7 Å². The van der Waals surface area contributed by atoms with Crippen molar-refractivity contribution >= 4 is 17.7 Å². The van der Waals surface area contributed by atoms with E-state index in [0.29, 0.717) is 0 Å². The zero-order valence-electron chi connectivity index (χ0n) is 8.22. The van der Waals surface area contributed by atoms with Crippen LogP contribution in [0, 0.1) is 0 Å². The number of aliphatic imine (C=N–C) groups is 1. The first kappa shape index (κ1) is 9.46. The van der Waals surface area contributed by atoms with Crippen LogP contribution in [0.15, 0.2) is 65.7 Å². The van der Waals surface area contributed by atoms with E-state index in [0.717, 1.165) is 11.4 Å². The minimum Gasteiger partial charge on any atom is -0.452 e. The van der Waals surface area contributed by atoms with Crippen molar-refractivity contribution in [2.45, 2.75) is 0 Å². The lowest BCUT2D eigenvalue weighted by Gasteiger charge is -2.06. The first-order valence-electron chi connectivity index (χ1n) is 4.77. The van der Waals surface area contributed by atoms with E-state index < -0.39 is 0 Å². The third-order valence-electron chi connectivity index (χ3n) is 1.92. The molecule has 0 spiro atoms. The molecule has 15 heavy (non-hydrogen) atoms. The molecule has 0 atom stereocenters. The predicted octanol–water partition coefficient (Wildman–Crippen LogP) is 3.34. The minimum atomic E-state index is 0.890. The summed E-state index contributed by atoms with van der Waals surface area (Å²) in [6.07, 6.45) is 2.79. The van der Waals surface area contributed by atoms with E-state index in [1.54, 1.807) is 0 Å². The molecule has 2 heteroatoms. The summed E-state index contributed by atoms with van der Waals surface area (Å²) in [5.41, 5.74) is 1.87. The monoisotopic (exact) mass is 195 g/mol. The third-order valence-corrected chi connectivity index (χ3v) is 1.92. The van der Waals surface area contributed by atoms with Gasteiger partial charge in [-0.05, 0) is 5.69 Å². The van der Waals surface area contributed by atoms with Gasteiger partial charge in [0.2, 0.25) is 0 Å². The lowest BCUT2D eigenvalue weighted by atomic mass is 10.3. The molecule has 74 valence electrons. The molecule has 0 aliphatic heterocycles. The molecule has 0 heterocycles. The van der Waals surface area contributed by atoms with E-state index in [4.69, 9.17) is 0 Å². The molecule has 0 aliphatic carbocycles. The Kier molecular flexibility index (Phi) is 3.13. The third kappa shape index (κ3) is 2.95. The second-order valence-electron chi connectivity index (χ2n) is 3.05. The summed E-state index contributed by atoms with van der Waals surface area (Å²) < 4.78 is 0. The fourth-order valence-corrected chi connectivity index (χ4v) is 1.18. The summed E-state index contributed by atoms with van der Waals surface area (Å²) in [7, 11) is 0. The molecule has 1 N–H and O–H groups in total. The first-order valence-corrected chi connectivity index (χ1v) is 4.77. The Hall–Kier alpha value is -2.09. The van der Waals surface area contributed by atoms with E-state index in [9.17, 15) is 0 Å². The van der Waals surface area contributed by atoms with Crippen LogP contribution >= 0.6 is 0 Å². The number of benzene rings is 2. The fourth-order valence-electron chi connectivity index (χ4n) is 1.18. The molecule has 0 unspecified atom stereocenters. The molecule has 0 saturated heterocycles. The van der Waals surface area contributed by atoms with Crippen molar-refractivity contribution in [3.8, 4) is 0 Å². The molecule has 0 radical (unpaired) electrons. The Labute approximate surface area is 89.3 Å². The maximum absolute atomic E-state index is 4.14. The van der Waals surface area contributed by atoms with Crippen LogP contribution in [-0.2, 0) is 0 Å². The summed E-state index contributed by atoms with van der Waals surface area (Å²) >= 11 is 0. The smallest absolute Gasteiger partial charge is 0.000632 e. The number of hydrogen-bond donors (Lipinski definition) is 1. The summed E-state index contributed by atoms with van der Waals surface area (Å²) in [5.74, 6) is 0. The number of hydrogen-bond acceptors (Lipinski definition) is 1. The highest BCUT2D eigenvalue weighted by atomic mass is 14.9. The summed E-state index contributed by atoms with van der Waals surface area (Å²) in [6, 6.07) is 19.6. The molecule has 2 aromatic carbocycles. The van der Waals surface area contributed by atoms with Crippen molar-refractivity contribution in [1.82, 2.24) is 0 Å². The van der Waals surface area contributed by atoms with E-state index in [2.05, 4.69) is 16.6 Å². The van der Waals surface area contributed by atoms with Crippen molar-refractivity contribution in [3.63, 3.8) is 0 Å². The largest absolute Gasteiger partial charge is 0.452 e. The maximum Gasteiger partial charge on any atom is 0.000632 e. The zero-order chi connectivity index (χ0) is 10.3. The fraction of sp³-hybridized carbons (Fsp3) is 0. The summed E-state index contributed by atoms with van der Waals surface area (Å²) in [4.78, 5) is 4.14. The standard InChI is InChI=1S/C13H11N2/c1-3-7-12(8-4-1)14-11-15-13-9-5-2-6-10-13/h1-10H,(H,14,15)/q-1. The molecule has 2 aromatic rings. The Balaban J connectivity index is 1.97. The average molecular weight is 195 g/mol. The second kappa shape index (κ2) is 4.96. The number of anilines is 1. The van der Waals surface area contributed by atoms with Crippen LogP contribution in [0.4, 0.5) is 11.4 Å². The van der Waals surface area contributed by atoms with Crippen molar-refractivity contribution in [1.29, 1.82) is 0 Å². The quantitative estimate of drug-likeness (QED) is 0.345. The molecule has 0 amide bonds. The normalized spacial score (nSPS) is 10.4. The van der Waals surface area contributed by atoms with Gasteiger partial charge < -0.3 is 10.3 Å². The van der Waals surface area contributed by atoms with Crippen LogP contribution in [0.1, 0.15) is 0 Å². The lowest BCUT2D eigenvalue weighted by molar-refractivity contribution is 1.52. The first-order chi connectivity index (χ1) is 7.45. The zero-order valence-corrected chi connectivity index (χ0v) is 8.22. The van der Waals surface area contributed by atoms with Crippen LogP contribution in [0.2, 0.25) is 0 Å². The number of nitrogens with zero attached hydrogens (tertiary/aromatic N) is 1. The average Bonchev–Trinajstić information content (AvgIpc) is 2.32. The molecule has 2 rings (SSSR count). The molecular formula is C13H11N2-. The van der Waals surface area contributed by atoms with Gasteiger partial charge in [-0.2, -0.15) is 0 Å². The van der Waals surface area contributed by atoms with Gasteiger partial charge in [-0.15, -0.1) is 0 Å². The van der Waals surface area contributed by atoms with Crippen molar-refractivity contribution in [2.24, 2.45) is 4.99 Å². The SMILES string of the molecule is [C-](=Nc1ccccc1)Nc1ccccc1. The van der Waals surface area contributed by atoms with Crippen molar-refractivity contribution in [2.75, 3.05) is 5.32 Å². The number of nitrogens with one attached hydrogen (secondary N) is 1. The Morgan fingerprint density at radius 1 is 0.800 bits per heavy atom. The molecule has 2 nitrogen and oxygen atoms in total. The Morgan fingerprint density at radius 2 is 1.40 bits per heavy atom.